The molecule has 0 fully saturated rings. The Hall–Kier alpha value is -0.950. The second-order valence-corrected chi connectivity index (χ2v) is 5.23. The van der Waals surface area contributed by atoms with Crippen molar-refractivity contribution in [1.29, 1.82) is 0 Å². The van der Waals surface area contributed by atoms with E-state index in [9.17, 15) is 4.21 Å². The van der Waals surface area contributed by atoms with Crippen LogP contribution in [0.25, 0.3) is 0 Å². The van der Waals surface area contributed by atoms with Crippen LogP contribution >= 0.6 is 0 Å². The predicted octanol–water partition coefficient (Wildman–Crippen LogP) is 0.268. The third kappa shape index (κ3) is 3.60. The van der Waals surface area contributed by atoms with Gasteiger partial charge in [-0.1, -0.05) is 5.10 Å². The van der Waals surface area contributed by atoms with E-state index >= 15 is 0 Å². The number of hydrogen-bond acceptors (Lipinski definition) is 6. The number of nitrogens with one attached hydrogen (secondary N) is 1. The van der Waals surface area contributed by atoms with Gasteiger partial charge in [-0.2, -0.15) is 0 Å². The third-order valence-corrected chi connectivity index (χ3v) is 3.24. The van der Waals surface area contributed by atoms with Crippen LogP contribution in [0.2, 0.25) is 0 Å². The fourth-order valence-corrected chi connectivity index (χ4v) is 1.16. The van der Waals surface area contributed by atoms with Crippen molar-refractivity contribution in [3.8, 4) is 0 Å². The SMILES string of the molecule is CC(N)c1nnc(NCC(C)S(C)=O)o1. The summed E-state index contributed by atoms with van der Waals surface area (Å²) in [6, 6.07) is 0.0466. The van der Waals surface area contributed by atoms with Gasteiger partial charge in [0.25, 0.3) is 0 Å². The van der Waals surface area contributed by atoms with Gasteiger partial charge in [0, 0.05) is 28.9 Å². The largest absolute Gasteiger partial charge is 0.406 e. The standard InChI is InChI=1S/C8H16N4O2S/c1-5(15(3)13)4-10-8-12-11-7(14-8)6(2)9/h5-6H,4,9H2,1-3H3,(H,10,12). The Balaban J connectivity index is 2.47. The van der Waals surface area contributed by atoms with Crippen molar-refractivity contribution >= 4 is 16.8 Å². The average molecular weight is 232 g/mol. The molecule has 86 valence electrons. The topological polar surface area (TPSA) is 94.0 Å². The minimum atomic E-state index is -0.863. The van der Waals surface area contributed by atoms with Crippen LogP contribution in [-0.4, -0.2) is 32.5 Å². The van der Waals surface area contributed by atoms with Crippen molar-refractivity contribution in [3.63, 3.8) is 0 Å². The molecule has 0 aliphatic rings. The van der Waals surface area contributed by atoms with E-state index < -0.39 is 10.8 Å². The number of nitrogens with two attached hydrogens (primary N) is 1. The highest BCUT2D eigenvalue weighted by molar-refractivity contribution is 7.84. The molecule has 3 unspecified atom stereocenters. The first-order chi connectivity index (χ1) is 7.00. The van der Waals surface area contributed by atoms with E-state index in [2.05, 4.69) is 15.5 Å². The fourth-order valence-electron chi connectivity index (χ4n) is 0.838. The van der Waals surface area contributed by atoms with E-state index in [1.54, 1.807) is 13.2 Å². The molecule has 0 aliphatic carbocycles. The number of anilines is 1. The zero-order valence-corrected chi connectivity index (χ0v) is 9.87. The molecular weight excluding hydrogens is 216 g/mol. The monoisotopic (exact) mass is 232 g/mol. The van der Waals surface area contributed by atoms with Crippen molar-refractivity contribution in [3.05, 3.63) is 5.89 Å². The number of nitrogens with zero attached hydrogens (tertiary/aromatic N) is 2. The lowest BCUT2D eigenvalue weighted by atomic mass is 10.4. The molecule has 0 bridgehead atoms. The lowest BCUT2D eigenvalue weighted by Gasteiger charge is -2.07. The maximum Gasteiger partial charge on any atom is 0.315 e. The van der Waals surface area contributed by atoms with Crippen molar-refractivity contribution < 1.29 is 8.63 Å². The van der Waals surface area contributed by atoms with Crippen molar-refractivity contribution in [2.24, 2.45) is 5.73 Å². The highest BCUT2D eigenvalue weighted by atomic mass is 32.2. The second kappa shape index (κ2) is 5.22. The maximum atomic E-state index is 11.1. The van der Waals surface area contributed by atoms with E-state index in [1.165, 1.54) is 0 Å². The Morgan fingerprint density at radius 1 is 1.53 bits per heavy atom. The maximum absolute atomic E-state index is 11.1. The lowest BCUT2D eigenvalue weighted by Crippen LogP contribution is -2.20. The van der Waals surface area contributed by atoms with Gasteiger partial charge in [-0.25, -0.2) is 0 Å². The zero-order valence-electron chi connectivity index (χ0n) is 9.06. The summed E-state index contributed by atoms with van der Waals surface area (Å²) < 4.78 is 16.3. The molecule has 0 aromatic carbocycles. The van der Waals surface area contributed by atoms with Crippen LogP contribution in [0, 0.1) is 0 Å². The average Bonchev–Trinajstić information content (AvgIpc) is 2.62. The molecule has 0 saturated heterocycles. The molecular formula is C8H16N4O2S. The highest BCUT2D eigenvalue weighted by Gasteiger charge is 2.11. The van der Waals surface area contributed by atoms with E-state index in [0.717, 1.165) is 0 Å². The van der Waals surface area contributed by atoms with Crippen LogP contribution in [0.3, 0.4) is 0 Å². The minimum absolute atomic E-state index is 0.0376. The Morgan fingerprint density at radius 3 is 2.67 bits per heavy atom. The molecule has 1 aromatic rings. The fraction of sp³-hybridized carbons (Fsp3) is 0.750. The Labute approximate surface area is 91.1 Å². The van der Waals surface area contributed by atoms with E-state index in [1.807, 2.05) is 6.92 Å². The van der Waals surface area contributed by atoms with Gasteiger partial charge in [0.2, 0.25) is 5.89 Å². The molecule has 1 heterocycles. The summed E-state index contributed by atoms with van der Waals surface area (Å²) in [5, 5.41) is 10.5. The summed E-state index contributed by atoms with van der Waals surface area (Å²) >= 11 is 0. The summed E-state index contributed by atoms with van der Waals surface area (Å²) in [7, 11) is -0.863. The number of hydrogen-bond donors (Lipinski definition) is 2. The number of rotatable bonds is 5. The first-order valence-corrected chi connectivity index (χ1v) is 6.28. The molecule has 0 saturated carbocycles. The first-order valence-electron chi connectivity index (χ1n) is 4.65. The highest BCUT2D eigenvalue weighted by Crippen LogP contribution is 2.11. The molecule has 0 aliphatic heterocycles. The van der Waals surface area contributed by atoms with E-state index in [-0.39, 0.29) is 11.3 Å². The quantitative estimate of drug-likeness (QED) is 0.756. The van der Waals surface area contributed by atoms with Gasteiger partial charge in [0.1, 0.15) is 0 Å². The van der Waals surface area contributed by atoms with Gasteiger partial charge in [-0.05, 0) is 13.8 Å². The molecule has 0 radical (unpaired) electrons. The zero-order chi connectivity index (χ0) is 11.4. The Morgan fingerprint density at radius 2 is 2.20 bits per heavy atom. The smallest absolute Gasteiger partial charge is 0.315 e. The number of aromatic nitrogens is 2. The van der Waals surface area contributed by atoms with Crippen molar-refractivity contribution in [1.82, 2.24) is 10.2 Å². The third-order valence-electron chi connectivity index (χ3n) is 1.94. The van der Waals surface area contributed by atoms with Gasteiger partial charge in [0.05, 0.1) is 6.04 Å². The molecule has 0 spiro atoms. The molecule has 0 amide bonds. The molecule has 1 aromatic heterocycles. The van der Waals surface area contributed by atoms with Crippen LogP contribution < -0.4 is 11.1 Å². The van der Waals surface area contributed by atoms with Crippen LogP contribution in [0.4, 0.5) is 6.01 Å². The van der Waals surface area contributed by atoms with Crippen molar-refractivity contribution in [2.75, 3.05) is 18.1 Å². The van der Waals surface area contributed by atoms with E-state index in [4.69, 9.17) is 10.2 Å². The normalized spacial score (nSPS) is 17.1. The lowest BCUT2D eigenvalue weighted by molar-refractivity contribution is 0.473. The molecule has 15 heavy (non-hydrogen) atoms. The summed E-state index contributed by atoms with van der Waals surface area (Å²) in [6.07, 6.45) is 1.66. The van der Waals surface area contributed by atoms with E-state index in [0.29, 0.717) is 18.5 Å². The first kappa shape index (κ1) is 12.1. The van der Waals surface area contributed by atoms with Crippen LogP contribution in [-0.2, 0) is 10.8 Å². The summed E-state index contributed by atoms with van der Waals surface area (Å²) in [5.41, 5.74) is 5.56. The summed E-state index contributed by atoms with van der Waals surface area (Å²) in [4.78, 5) is 0. The van der Waals surface area contributed by atoms with Gasteiger partial charge >= 0.3 is 6.01 Å². The van der Waals surface area contributed by atoms with Crippen LogP contribution in [0.15, 0.2) is 4.42 Å². The van der Waals surface area contributed by atoms with Gasteiger partial charge in [0.15, 0.2) is 0 Å². The minimum Gasteiger partial charge on any atom is -0.406 e. The van der Waals surface area contributed by atoms with Crippen molar-refractivity contribution in [2.45, 2.75) is 25.1 Å². The van der Waals surface area contributed by atoms with Gasteiger partial charge in [-0.3, -0.25) is 4.21 Å². The van der Waals surface area contributed by atoms with Gasteiger partial charge < -0.3 is 15.5 Å². The van der Waals surface area contributed by atoms with Gasteiger partial charge in [-0.15, -0.1) is 5.10 Å². The molecule has 3 N–H and O–H groups in total. The molecule has 7 heteroatoms. The Kier molecular flexibility index (Phi) is 4.22. The van der Waals surface area contributed by atoms with Crippen LogP contribution in [0.1, 0.15) is 25.8 Å². The summed E-state index contributed by atoms with van der Waals surface area (Å²) in [6.45, 7) is 4.18. The molecule has 6 nitrogen and oxygen atoms in total. The second-order valence-electron chi connectivity index (χ2n) is 3.42. The predicted molar refractivity (Wildman–Crippen MR) is 58.9 cm³/mol. The Bertz CT molecular complexity index is 339. The summed E-state index contributed by atoms with van der Waals surface area (Å²) in [5.74, 6) is 0.391. The molecule has 1 rings (SSSR count). The van der Waals surface area contributed by atoms with Crippen LogP contribution in [0.5, 0.6) is 0 Å². The molecule has 3 atom stereocenters.